The zero-order valence-corrected chi connectivity index (χ0v) is 13.0. The molecule has 1 atom stereocenters. The smallest absolute Gasteiger partial charge is 0.414 e. The number of nitrogens with zero attached hydrogens (tertiary/aromatic N) is 2. The van der Waals surface area contributed by atoms with Crippen LogP contribution in [0.4, 0.5) is 4.79 Å². The first-order chi connectivity index (χ1) is 9.79. The Morgan fingerprint density at radius 2 is 2.14 bits per heavy atom. The Morgan fingerprint density at radius 3 is 2.57 bits per heavy atom. The summed E-state index contributed by atoms with van der Waals surface area (Å²) in [4.78, 5) is 13.0. The predicted molar refractivity (Wildman–Crippen MR) is 81.0 cm³/mol. The van der Waals surface area contributed by atoms with Crippen molar-refractivity contribution < 1.29 is 14.6 Å². The van der Waals surface area contributed by atoms with E-state index in [9.17, 15) is 4.79 Å². The van der Waals surface area contributed by atoms with E-state index in [4.69, 9.17) is 15.7 Å². The first-order valence-electron chi connectivity index (χ1n) is 7.02. The third-order valence-electron chi connectivity index (χ3n) is 2.70. The molecule has 120 valence electrons. The number of ether oxygens (including phenoxy) is 1. The number of rotatable bonds is 0. The maximum atomic E-state index is 11.4. The molecule has 4 N–H and O–H groups in total. The fourth-order valence-electron chi connectivity index (χ4n) is 1.63. The van der Waals surface area contributed by atoms with Crippen LogP contribution in [0.5, 0.6) is 0 Å². The average Bonchev–Trinajstić information content (AvgIpc) is 2.42. The summed E-state index contributed by atoms with van der Waals surface area (Å²) in [6, 6.07) is 0. The molecule has 1 amide bonds. The molecule has 7 nitrogen and oxygen atoms in total. The van der Waals surface area contributed by atoms with Crippen molar-refractivity contribution in [1.82, 2.24) is 15.2 Å². The van der Waals surface area contributed by atoms with Crippen LogP contribution in [0.2, 0.25) is 0 Å². The zero-order chi connectivity index (χ0) is 15.9. The summed E-state index contributed by atoms with van der Waals surface area (Å²) in [6.45, 7) is 8.33. The molecule has 21 heavy (non-hydrogen) atoms. The number of β-amino-alcohol motifs (C(OH)–C–C–N with tert-alkyl or cyclic N) is 1. The molecular weight excluding hydrogens is 272 g/mol. The van der Waals surface area contributed by atoms with Crippen molar-refractivity contribution in [3.8, 4) is 0 Å². The normalized spacial score (nSPS) is 22.5. The zero-order valence-electron chi connectivity index (χ0n) is 13.0. The van der Waals surface area contributed by atoms with E-state index >= 15 is 0 Å². The fraction of sp³-hybridized carbons (Fsp3) is 0.643. The molecule has 2 aliphatic rings. The minimum atomic E-state index is -0.497. The molecule has 1 unspecified atom stereocenters. The summed E-state index contributed by atoms with van der Waals surface area (Å²) in [7, 11) is 0. The van der Waals surface area contributed by atoms with Gasteiger partial charge in [0.15, 0.2) is 0 Å². The van der Waals surface area contributed by atoms with Crippen molar-refractivity contribution in [2.24, 2.45) is 5.84 Å². The number of aliphatic hydroxyl groups is 1. The van der Waals surface area contributed by atoms with Crippen molar-refractivity contribution in [2.75, 3.05) is 26.2 Å². The average molecular weight is 298 g/mol. The van der Waals surface area contributed by atoms with Crippen LogP contribution in [0.3, 0.4) is 0 Å². The van der Waals surface area contributed by atoms with Gasteiger partial charge >= 0.3 is 6.09 Å². The number of hydrogen-bond acceptors (Lipinski definition) is 6. The minimum Gasteiger partial charge on any atom is -0.443 e. The predicted octanol–water partition coefficient (Wildman–Crippen LogP) is 0.391. The molecule has 0 saturated carbocycles. The number of amides is 1. The van der Waals surface area contributed by atoms with Gasteiger partial charge in [0.1, 0.15) is 11.8 Å². The molecule has 2 rings (SSSR count). The maximum absolute atomic E-state index is 11.4. The van der Waals surface area contributed by atoms with Gasteiger partial charge in [0.25, 0.3) is 0 Å². The number of nitrogens with one attached hydrogen (secondary N) is 1. The summed E-state index contributed by atoms with van der Waals surface area (Å²) >= 11 is 0. The van der Waals surface area contributed by atoms with Crippen LogP contribution in [-0.2, 0) is 4.74 Å². The van der Waals surface area contributed by atoms with E-state index < -0.39 is 11.8 Å². The van der Waals surface area contributed by atoms with Gasteiger partial charge in [-0.3, -0.25) is 10.7 Å². The van der Waals surface area contributed by atoms with Crippen LogP contribution >= 0.6 is 0 Å². The quantitative estimate of drug-likeness (QED) is 0.561. The van der Waals surface area contributed by atoms with Gasteiger partial charge in [-0.2, -0.15) is 0 Å². The van der Waals surface area contributed by atoms with Gasteiger partial charge in [0, 0.05) is 32.4 Å². The van der Waals surface area contributed by atoms with Crippen LogP contribution in [0.1, 0.15) is 20.8 Å². The van der Waals surface area contributed by atoms with Crippen molar-refractivity contribution in [1.29, 1.82) is 0 Å². The first-order valence-corrected chi connectivity index (χ1v) is 7.02. The summed E-state index contributed by atoms with van der Waals surface area (Å²) in [5.74, 6) is 5.32. The third kappa shape index (κ3) is 7.24. The number of piperazine rings is 1. The molecule has 2 aliphatic heterocycles. The van der Waals surface area contributed by atoms with Gasteiger partial charge in [-0.15, -0.1) is 0 Å². The Hall–Kier alpha value is -1.41. The summed E-state index contributed by atoms with van der Waals surface area (Å²) in [5, 5.41) is 13.3. The van der Waals surface area contributed by atoms with E-state index in [0.29, 0.717) is 13.1 Å². The number of carbonyl (C=O) groups excluding carboxylic acids is 1. The van der Waals surface area contributed by atoms with Crippen molar-refractivity contribution in [3.05, 3.63) is 24.4 Å². The molecule has 0 aromatic carbocycles. The number of carbonyl (C=O) groups is 1. The molecule has 0 aromatic heterocycles. The lowest BCUT2D eigenvalue weighted by Crippen LogP contribution is -2.54. The van der Waals surface area contributed by atoms with Crippen LogP contribution in [-0.4, -0.2) is 59.1 Å². The maximum Gasteiger partial charge on any atom is 0.414 e. The van der Waals surface area contributed by atoms with Gasteiger partial charge < -0.3 is 15.2 Å². The molecule has 0 spiro atoms. The van der Waals surface area contributed by atoms with Gasteiger partial charge in [-0.05, 0) is 26.8 Å². The largest absolute Gasteiger partial charge is 0.443 e. The SMILES string of the molecule is CC(C)(C)OC(=O)N1C=CC=CC1.NN1CCNCC1O. The highest BCUT2D eigenvalue weighted by Crippen LogP contribution is 2.11. The Balaban J connectivity index is 0.000000235. The minimum absolute atomic E-state index is 0.298. The van der Waals surface area contributed by atoms with E-state index in [1.807, 2.05) is 39.0 Å². The molecule has 1 saturated heterocycles. The van der Waals surface area contributed by atoms with Crippen LogP contribution in [0.25, 0.3) is 0 Å². The number of allylic oxidation sites excluding steroid dienone is 2. The molecule has 0 aromatic rings. The Morgan fingerprint density at radius 1 is 1.43 bits per heavy atom. The van der Waals surface area contributed by atoms with Crippen LogP contribution in [0.15, 0.2) is 24.4 Å². The van der Waals surface area contributed by atoms with E-state index in [-0.39, 0.29) is 6.09 Å². The molecule has 1 fully saturated rings. The molecule has 7 heteroatoms. The van der Waals surface area contributed by atoms with E-state index in [1.54, 1.807) is 6.20 Å². The summed E-state index contributed by atoms with van der Waals surface area (Å²) in [5.41, 5.74) is -0.425. The summed E-state index contributed by atoms with van der Waals surface area (Å²) < 4.78 is 5.18. The van der Waals surface area contributed by atoms with Crippen LogP contribution in [0, 0.1) is 0 Å². The molecular formula is C14H26N4O3. The standard InChI is InChI=1S/C10H15NO2.C4H11N3O/c1-10(2,3)13-9(12)11-7-5-4-6-8-11;5-7-2-1-6-3-4(7)8/h4-7H,8H2,1-3H3;4,6,8H,1-3,5H2. The Kier molecular flexibility index (Phi) is 6.83. The highest BCUT2D eigenvalue weighted by atomic mass is 16.6. The summed E-state index contributed by atoms with van der Waals surface area (Å²) in [6.07, 6.45) is 6.54. The Bertz CT molecular complexity index is 380. The molecule has 2 heterocycles. The lowest BCUT2D eigenvalue weighted by Gasteiger charge is -2.27. The topological polar surface area (TPSA) is 91.1 Å². The van der Waals surface area contributed by atoms with Gasteiger partial charge in [-0.25, -0.2) is 9.80 Å². The monoisotopic (exact) mass is 298 g/mol. The number of hydrazine groups is 1. The number of hydrogen-bond donors (Lipinski definition) is 3. The van der Waals surface area contributed by atoms with Gasteiger partial charge in [0.2, 0.25) is 0 Å². The van der Waals surface area contributed by atoms with E-state index in [1.165, 1.54) is 9.91 Å². The highest BCUT2D eigenvalue weighted by molar-refractivity contribution is 5.70. The molecule has 0 radical (unpaired) electrons. The lowest BCUT2D eigenvalue weighted by molar-refractivity contribution is -0.0132. The second-order valence-electron chi connectivity index (χ2n) is 5.82. The molecule has 0 aliphatic carbocycles. The highest BCUT2D eigenvalue weighted by Gasteiger charge is 2.20. The third-order valence-corrected chi connectivity index (χ3v) is 2.70. The van der Waals surface area contributed by atoms with Gasteiger partial charge in [0.05, 0.1) is 0 Å². The Labute approximate surface area is 126 Å². The van der Waals surface area contributed by atoms with Crippen molar-refractivity contribution in [2.45, 2.75) is 32.6 Å². The number of aliphatic hydroxyl groups excluding tert-OH is 1. The van der Waals surface area contributed by atoms with Crippen molar-refractivity contribution >= 4 is 6.09 Å². The fourth-order valence-corrected chi connectivity index (χ4v) is 1.63. The first kappa shape index (κ1) is 17.6. The second-order valence-corrected chi connectivity index (χ2v) is 5.82. The number of nitrogens with two attached hydrogens (primary N) is 1. The molecule has 0 bridgehead atoms. The van der Waals surface area contributed by atoms with Crippen molar-refractivity contribution in [3.63, 3.8) is 0 Å². The van der Waals surface area contributed by atoms with E-state index in [2.05, 4.69) is 5.32 Å². The lowest BCUT2D eigenvalue weighted by atomic mass is 10.2. The second kappa shape index (κ2) is 8.14. The van der Waals surface area contributed by atoms with E-state index in [0.717, 1.165) is 13.1 Å². The van der Waals surface area contributed by atoms with Crippen LogP contribution < -0.4 is 11.2 Å². The van der Waals surface area contributed by atoms with Gasteiger partial charge in [-0.1, -0.05) is 12.2 Å².